The first-order valence-electron chi connectivity index (χ1n) is 8.99. The quantitative estimate of drug-likeness (QED) is 0.283. The Labute approximate surface area is 182 Å². The molecule has 2 aromatic carbocycles. The molecule has 0 radical (unpaired) electrons. The predicted octanol–water partition coefficient (Wildman–Crippen LogP) is 4.07. The summed E-state index contributed by atoms with van der Waals surface area (Å²) in [6.45, 7) is 1.34. The fraction of sp³-hybridized carbons (Fsp3) is 0.238. The van der Waals surface area contributed by atoms with E-state index in [9.17, 15) is 0 Å². The molecule has 1 aromatic heterocycles. The molecule has 0 aliphatic carbocycles. The number of hydrogen-bond donors (Lipinski definition) is 2. The summed E-state index contributed by atoms with van der Waals surface area (Å²) < 4.78 is 7.34. The molecule has 0 bridgehead atoms. The highest BCUT2D eigenvalue weighted by molar-refractivity contribution is 14.0. The van der Waals surface area contributed by atoms with Crippen molar-refractivity contribution in [2.75, 3.05) is 12.4 Å². The zero-order chi connectivity index (χ0) is 18.9. The summed E-state index contributed by atoms with van der Waals surface area (Å²) in [4.78, 5) is 8.80. The molecule has 0 fully saturated rings. The van der Waals surface area contributed by atoms with E-state index < -0.39 is 0 Å². The van der Waals surface area contributed by atoms with Crippen LogP contribution in [0.3, 0.4) is 0 Å². The lowest BCUT2D eigenvalue weighted by Crippen LogP contribution is -2.22. The van der Waals surface area contributed by atoms with Gasteiger partial charge in [-0.2, -0.15) is 0 Å². The van der Waals surface area contributed by atoms with Gasteiger partial charge < -0.3 is 20.4 Å². The first-order valence-corrected chi connectivity index (χ1v) is 8.99. The van der Waals surface area contributed by atoms with Crippen LogP contribution in [-0.4, -0.2) is 22.6 Å². The monoisotopic (exact) mass is 491 g/mol. The zero-order valence-corrected chi connectivity index (χ0v) is 18.2. The van der Waals surface area contributed by atoms with E-state index in [0.717, 1.165) is 36.6 Å². The van der Waals surface area contributed by atoms with Crippen molar-refractivity contribution >= 4 is 35.6 Å². The number of anilines is 1. The zero-order valence-electron chi connectivity index (χ0n) is 15.9. The van der Waals surface area contributed by atoms with Crippen molar-refractivity contribution in [3.05, 3.63) is 78.4 Å². The standard InChI is InChI=1S/C21H25N5O.HI/c1-27-19-11-5-10-18(15-19)25-21(22)24-16-20-23-12-14-26(20)13-6-9-17-7-3-2-4-8-17;/h2-5,7-8,10-12,14-15H,6,9,13,16H2,1H3,(H3,22,24,25);1H. The summed E-state index contributed by atoms with van der Waals surface area (Å²) in [6, 6.07) is 18.1. The number of aliphatic imine (C=N–C) groups is 1. The Bertz CT molecular complexity index is 879. The fourth-order valence-corrected chi connectivity index (χ4v) is 2.84. The number of imidazole rings is 1. The van der Waals surface area contributed by atoms with Crippen LogP contribution in [0.15, 0.2) is 72.0 Å². The molecule has 0 aliphatic rings. The summed E-state index contributed by atoms with van der Waals surface area (Å²) in [6.07, 6.45) is 5.89. The lowest BCUT2D eigenvalue weighted by Gasteiger charge is -2.09. The van der Waals surface area contributed by atoms with Crippen LogP contribution in [0.25, 0.3) is 0 Å². The second-order valence-electron chi connectivity index (χ2n) is 6.18. The normalized spacial score (nSPS) is 11.0. The van der Waals surface area contributed by atoms with E-state index in [4.69, 9.17) is 10.5 Å². The molecular formula is C21H26IN5O. The van der Waals surface area contributed by atoms with Gasteiger partial charge in [0.15, 0.2) is 5.96 Å². The number of hydrogen-bond acceptors (Lipinski definition) is 3. The molecule has 7 heteroatoms. The third-order valence-electron chi connectivity index (χ3n) is 4.24. The van der Waals surface area contributed by atoms with Gasteiger partial charge in [0.2, 0.25) is 0 Å². The molecule has 3 aromatic rings. The molecule has 28 heavy (non-hydrogen) atoms. The van der Waals surface area contributed by atoms with Gasteiger partial charge in [0.1, 0.15) is 18.1 Å². The van der Waals surface area contributed by atoms with Crippen molar-refractivity contribution in [3.8, 4) is 5.75 Å². The van der Waals surface area contributed by atoms with Gasteiger partial charge in [0, 0.05) is 30.7 Å². The van der Waals surface area contributed by atoms with Gasteiger partial charge in [-0.05, 0) is 30.5 Å². The van der Waals surface area contributed by atoms with E-state index in [0.29, 0.717) is 12.5 Å². The number of nitrogens with one attached hydrogen (secondary N) is 1. The third kappa shape index (κ3) is 6.56. The van der Waals surface area contributed by atoms with Crippen molar-refractivity contribution in [2.24, 2.45) is 10.7 Å². The van der Waals surface area contributed by atoms with Crippen molar-refractivity contribution in [2.45, 2.75) is 25.9 Å². The van der Waals surface area contributed by atoms with Crippen molar-refractivity contribution in [1.82, 2.24) is 9.55 Å². The van der Waals surface area contributed by atoms with Gasteiger partial charge in [0.05, 0.1) is 7.11 Å². The minimum Gasteiger partial charge on any atom is -0.497 e. The van der Waals surface area contributed by atoms with Gasteiger partial charge in [-0.15, -0.1) is 24.0 Å². The lowest BCUT2D eigenvalue weighted by molar-refractivity contribution is 0.415. The maximum absolute atomic E-state index is 6.00. The molecule has 0 saturated heterocycles. The second kappa shape index (κ2) is 11.3. The van der Waals surface area contributed by atoms with Crippen LogP contribution >= 0.6 is 24.0 Å². The van der Waals surface area contributed by atoms with Crippen LogP contribution in [0.5, 0.6) is 5.75 Å². The molecule has 0 spiro atoms. The van der Waals surface area contributed by atoms with Gasteiger partial charge in [-0.25, -0.2) is 9.98 Å². The van der Waals surface area contributed by atoms with Crippen molar-refractivity contribution in [1.29, 1.82) is 0 Å². The molecule has 6 nitrogen and oxygen atoms in total. The molecule has 0 unspecified atom stereocenters. The van der Waals surface area contributed by atoms with Crippen LogP contribution in [0.4, 0.5) is 5.69 Å². The molecule has 3 N–H and O–H groups in total. The minimum absolute atomic E-state index is 0. The van der Waals surface area contributed by atoms with Crippen LogP contribution in [0, 0.1) is 0 Å². The number of benzene rings is 2. The van der Waals surface area contributed by atoms with Crippen LogP contribution in [0.1, 0.15) is 17.8 Å². The molecule has 148 valence electrons. The maximum atomic E-state index is 6.00. The summed E-state index contributed by atoms with van der Waals surface area (Å²) >= 11 is 0. The number of methoxy groups -OCH3 is 1. The highest BCUT2D eigenvalue weighted by atomic mass is 127. The number of halogens is 1. The van der Waals surface area contributed by atoms with E-state index in [2.05, 4.69) is 44.1 Å². The van der Waals surface area contributed by atoms with Crippen LogP contribution in [0.2, 0.25) is 0 Å². The SMILES string of the molecule is COc1cccc(NC(N)=NCc2nccn2CCCc2ccccc2)c1.I. The Balaban J connectivity index is 0.00000280. The number of rotatable bonds is 8. The Morgan fingerprint density at radius 2 is 2.00 bits per heavy atom. The van der Waals surface area contributed by atoms with Gasteiger partial charge >= 0.3 is 0 Å². The minimum atomic E-state index is 0. The molecular weight excluding hydrogens is 465 g/mol. The van der Waals surface area contributed by atoms with Crippen LogP contribution < -0.4 is 15.8 Å². The summed E-state index contributed by atoms with van der Waals surface area (Å²) in [7, 11) is 1.63. The number of nitrogens with zero attached hydrogens (tertiary/aromatic N) is 3. The highest BCUT2D eigenvalue weighted by Crippen LogP contribution is 2.16. The Morgan fingerprint density at radius 1 is 1.18 bits per heavy atom. The predicted molar refractivity (Wildman–Crippen MR) is 124 cm³/mol. The largest absolute Gasteiger partial charge is 0.497 e. The second-order valence-corrected chi connectivity index (χ2v) is 6.18. The lowest BCUT2D eigenvalue weighted by atomic mass is 10.1. The highest BCUT2D eigenvalue weighted by Gasteiger charge is 2.03. The van der Waals surface area contributed by atoms with Gasteiger partial charge in [-0.3, -0.25) is 0 Å². The molecule has 0 saturated carbocycles. The van der Waals surface area contributed by atoms with Crippen molar-refractivity contribution < 1.29 is 4.74 Å². The van der Waals surface area contributed by atoms with Gasteiger partial charge in [0.25, 0.3) is 0 Å². The fourth-order valence-electron chi connectivity index (χ4n) is 2.84. The van der Waals surface area contributed by atoms with E-state index in [1.807, 2.05) is 36.5 Å². The molecule has 3 rings (SSSR count). The van der Waals surface area contributed by atoms with E-state index >= 15 is 0 Å². The summed E-state index contributed by atoms with van der Waals surface area (Å²) in [5.41, 5.74) is 8.19. The first kappa shape index (κ1) is 21.7. The number of guanidine groups is 1. The summed E-state index contributed by atoms with van der Waals surface area (Å²) in [5.74, 6) is 2.02. The molecule has 0 amide bonds. The third-order valence-corrected chi connectivity index (χ3v) is 4.24. The van der Waals surface area contributed by atoms with E-state index in [1.165, 1.54) is 5.56 Å². The summed E-state index contributed by atoms with van der Waals surface area (Å²) in [5, 5.41) is 3.07. The number of nitrogens with two attached hydrogens (primary N) is 1. The topological polar surface area (TPSA) is 77.5 Å². The molecule has 1 heterocycles. The Morgan fingerprint density at radius 3 is 2.79 bits per heavy atom. The van der Waals surface area contributed by atoms with E-state index in [1.54, 1.807) is 13.3 Å². The smallest absolute Gasteiger partial charge is 0.193 e. The van der Waals surface area contributed by atoms with Crippen LogP contribution in [-0.2, 0) is 19.5 Å². The average molecular weight is 491 g/mol. The van der Waals surface area contributed by atoms with E-state index in [-0.39, 0.29) is 24.0 Å². The first-order chi connectivity index (χ1) is 13.2. The van der Waals surface area contributed by atoms with Gasteiger partial charge in [-0.1, -0.05) is 36.4 Å². The Kier molecular flexibility index (Phi) is 8.80. The molecule has 0 aliphatic heterocycles. The average Bonchev–Trinajstić information content (AvgIpc) is 3.15. The number of aryl methyl sites for hydroxylation is 2. The molecule has 0 atom stereocenters. The Hall–Kier alpha value is -2.55. The van der Waals surface area contributed by atoms with Crippen molar-refractivity contribution in [3.63, 3.8) is 0 Å². The number of aromatic nitrogens is 2. The maximum Gasteiger partial charge on any atom is 0.193 e. The number of ether oxygens (including phenoxy) is 1.